The highest BCUT2D eigenvalue weighted by molar-refractivity contribution is 7.19. The van der Waals surface area contributed by atoms with Gasteiger partial charge in [-0.3, -0.25) is 9.59 Å². The van der Waals surface area contributed by atoms with Crippen LogP contribution in [0.5, 0.6) is 5.75 Å². The van der Waals surface area contributed by atoms with Crippen molar-refractivity contribution in [1.29, 1.82) is 0 Å². The highest BCUT2D eigenvalue weighted by atomic mass is 32.1. The van der Waals surface area contributed by atoms with Crippen LogP contribution < -0.4 is 10.9 Å². The van der Waals surface area contributed by atoms with Crippen LogP contribution in [0.4, 0.5) is 5.13 Å². The molecule has 88 valence electrons. The second kappa shape index (κ2) is 4.38. The molecule has 0 aromatic carbocycles. The van der Waals surface area contributed by atoms with Crippen LogP contribution >= 0.6 is 11.3 Å². The summed E-state index contributed by atoms with van der Waals surface area (Å²) < 4.78 is 0. The molecule has 0 aliphatic carbocycles. The Morgan fingerprint density at radius 2 is 2.35 bits per heavy atom. The minimum atomic E-state index is -0.541. The van der Waals surface area contributed by atoms with Gasteiger partial charge in [0.15, 0.2) is 10.9 Å². The van der Waals surface area contributed by atoms with Crippen LogP contribution in [0.2, 0.25) is 0 Å². The van der Waals surface area contributed by atoms with Crippen LogP contribution in [-0.4, -0.2) is 21.0 Å². The molecule has 0 unspecified atom stereocenters. The van der Waals surface area contributed by atoms with Crippen molar-refractivity contribution in [2.24, 2.45) is 0 Å². The van der Waals surface area contributed by atoms with Crippen molar-refractivity contribution in [2.75, 3.05) is 5.32 Å². The Hall–Kier alpha value is -2.15. The number of pyridine rings is 1. The number of carbonyl (C=O) groups excluding carboxylic acids is 1. The molecule has 0 aliphatic heterocycles. The van der Waals surface area contributed by atoms with E-state index in [1.165, 1.54) is 30.5 Å². The van der Waals surface area contributed by atoms with Gasteiger partial charge in [-0.05, 0) is 6.07 Å². The molecule has 0 saturated heterocycles. The SMILES string of the molecule is CC(=O)Nc1ncc(-c2c[nH]c(=O)c(O)c2)s1. The van der Waals surface area contributed by atoms with Crippen molar-refractivity contribution in [3.8, 4) is 16.2 Å². The number of aromatic hydroxyl groups is 1. The first kappa shape index (κ1) is 11.3. The van der Waals surface area contributed by atoms with Gasteiger partial charge in [0.05, 0.1) is 4.88 Å². The van der Waals surface area contributed by atoms with Gasteiger partial charge in [0.2, 0.25) is 5.91 Å². The van der Waals surface area contributed by atoms with Gasteiger partial charge in [-0.2, -0.15) is 0 Å². The first-order valence-electron chi connectivity index (χ1n) is 4.72. The summed E-state index contributed by atoms with van der Waals surface area (Å²) in [5.41, 5.74) is 0.0940. The number of hydrogen-bond acceptors (Lipinski definition) is 5. The van der Waals surface area contributed by atoms with Crippen molar-refractivity contribution in [3.63, 3.8) is 0 Å². The molecular formula is C10H9N3O3S. The largest absolute Gasteiger partial charge is 0.503 e. The molecule has 0 aliphatic rings. The van der Waals surface area contributed by atoms with E-state index in [9.17, 15) is 14.7 Å². The van der Waals surface area contributed by atoms with Crippen LogP contribution in [-0.2, 0) is 4.79 Å². The number of anilines is 1. The number of amides is 1. The van der Waals surface area contributed by atoms with Gasteiger partial charge in [0.1, 0.15) is 0 Å². The van der Waals surface area contributed by atoms with Crippen molar-refractivity contribution in [3.05, 3.63) is 28.8 Å². The van der Waals surface area contributed by atoms with Gasteiger partial charge >= 0.3 is 0 Å². The lowest BCUT2D eigenvalue weighted by molar-refractivity contribution is -0.114. The van der Waals surface area contributed by atoms with Gasteiger partial charge in [0, 0.05) is 24.9 Å². The quantitative estimate of drug-likeness (QED) is 0.746. The van der Waals surface area contributed by atoms with Crippen LogP contribution in [0.1, 0.15) is 6.92 Å². The van der Waals surface area contributed by atoms with E-state index < -0.39 is 5.56 Å². The van der Waals surface area contributed by atoms with Gasteiger partial charge < -0.3 is 15.4 Å². The van der Waals surface area contributed by atoms with E-state index in [1.807, 2.05) is 0 Å². The number of hydrogen-bond donors (Lipinski definition) is 3. The standard InChI is InChI=1S/C10H9N3O3S/c1-5(14)13-10-12-4-8(17-10)6-2-7(15)9(16)11-3-6/h2-4,15H,1H3,(H,11,16)(H,12,13,14). The Bertz CT molecular complexity index is 617. The zero-order valence-corrected chi connectivity index (χ0v) is 9.67. The predicted molar refractivity (Wildman–Crippen MR) is 64.1 cm³/mol. The van der Waals surface area contributed by atoms with Crippen molar-refractivity contribution >= 4 is 22.4 Å². The molecule has 2 aromatic heterocycles. The molecule has 0 saturated carbocycles. The average Bonchev–Trinajstić information content (AvgIpc) is 2.69. The third kappa shape index (κ3) is 2.51. The summed E-state index contributed by atoms with van der Waals surface area (Å²) in [4.78, 5) is 28.9. The number of carbonyl (C=O) groups is 1. The van der Waals surface area contributed by atoms with E-state index in [0.717, 1.165) is 4.88 Å². The monoisotopic (exact) mass is 251 g/mol. The van der Waals surface area contributed by atoms with Crippen molar-refractivity contribution < 1.29 is 9.90 Å². The summed E-state index contributed by atoms with van der Waals surface area (Å²) in [6.07, 6.45) is 3.04. The molecule has 6 nitrogen and oxygen atoms in total. The normalized spacial score (nSPS) is 10.2. The van der Waals surface area contributed by atoms with Crippen molar-refractivity contribution in [2.45, 2.75) is 6.92 Å². The van der Waals surface area contributed by atoms with Crippen LogP contribution in [0, 0.1) is 0 Å². The first-order chi connectivity index (χ1) is 8.06. The van der Waals surface area contributed by atoms with E-state index in [1.54, 1.807) is 6.20 Å². The molecule has 2 rings (SSSR count). The Morgan fingerprint density at radius 1 is 1.59 bits per heavy atom. The third-order valence-corrected chi connectivity index (χ3v) is 2.92. The molecule has 0 fully saturated rings. The molecule has 2 aromatic rings. The molecule has 17 heavy (non-hydrogen) atoms. The number of H-pyrrole nitrogens is 1. The minimum absolute atomic E-state index is 0.199. The Balaban J connectivity index is 2.33. The van der Waals surface area contributed by atoms with E-state index in [-0.39, 0.29) is 11.7 Å². The number of nitrogens with zero attached hydrogens (tertiary/aromatic N) is 1. The van der Waals surface area contributed by atoms with E-state index >= 15 is 0 Å². The molecule has 0 atom stereocenters. The summed E-state index contributed by atoms with van der Waals surface area (Å²) in [5.74, 6) is -0.549. The number of aromatic amines is 1. The van der Waals surface area contributed by atoms with E-state index in [4.69, 9.17) is 0 Å². The maximum absolute atomic E-state index is 11.0. The molecule has 2 heterocycles. The first-order valence-corrected chi connectivity index (χ1v) is 5.53. The lowest BCUT2D eigenvalue weighted by atomic mass is 10.2. The predicted octanol–water partition coefficient (Wildman–Crippen LogP) is 1.16. The summed E-state index contributed by atoms with van der Waals surface area (Å²) >= 11 is 1.25. The lowest BCUT2D eigenvalue weighted by Gasteiger charge is -1.96. The number of thiazole rings is 1. The summed E-state index contributed by atoms with van der Waals surface area (Å²) in [5, 5.41) is 12.3. The zero-order chi connectivity index (χ0) is 12.4. The highest BCUT2D eigenvalue weighted by Gasteiger charge is 2.07. The minimum Gasteiger partial charge on any atom is -0.503 e. The highest BCUT2D eigenvalue weighted by Crippen LogP contribution is 2.29. The Kier molecular flexibility index (Phi) is 2.92. The Labute approximate surface area is 100.0 Å². The molecule has 3 N–H and O–H groups in total. The maximum atomic E-state index is 11.0. The fourth-order valence-electron chi connectivity index (χ4n) is 1.23. The van der Waals surface area contributed by atoms with Crippen LogP contribution in [0.25, 0.3) is 10.4 Å². The Morgan fingerprint density at radius 3 is 3.00 bits per heavy atom. The number of rotatable bonds is 2. The third-order valence-electron chi connectivity index (χ3n) is 1.96. The van der Waals surface area contributed by atoms with E-state index in [2.05, 4.69) is 15.3 Å². The molecule has 0 bridgehead atoms. The summed E-state index contributed by atoms with van der Waals surface area (Å²) in [6.45, 7) is 1.40. The lowest BCUT2D eigenvalue weighted by Crippen LogP contribution is -2.04. The second-order valence-corrected chi connectivity index (χ2v) is 4.34. The molecule has 1 amide bonds. The number of aromatic nitrogens is 2. The fraction of sp³-hybridized carbons (Fsp3) is 0.100. The van der Waals surface area contributed by atoms with Gasteiger partial charge in [-0.15, -0.1) is 0 Å². The maximum Gasteiger partial charge on any atom is 0.290 e. The smallest absolute Gasteiger partial charge is 0.290 e. The van der Waals surface area contributed by atoms with Crippen LogP contribution in [0.3, 0.4) is 0 Å². The fourth-order valence-corrected chi connectivity index (χ4v) is 2.08. The van der Waals surface area contributed by atoms with Gasteiger partial charge in [-0.25, -0.2) is 4.98 Å². The summed E-state index contributed by atoms with van der Waals surface area (Å²) in [6, 6.07) is 1.35. The topological polar surface area (TPSA) is 95.1 Å². The van der Waals surface area contributed by atoms with Gasteiger partial charge in [-0.1, -0.05) is 11.3 Å². The van der Waals surface area contributed by atoms with Crippen LogP contribution in [0.15, 0.2) is 23.3 Å². The van der Waals surface area contributed by atoms with Crippen molar-refractivity contribution in [1.82, 2.24) is 9.97 Å². The molecular weight excluding hydrogens is 242 g/mol. The molecule has 7 heteroatoms. The van der Waals surface area contributed by atoms with Gasteiger partial charge in [0.25, 0.3) is 5.56 Å². The molecule has 0 radical (unpaired) electrons. The summed E-state index contributed by atoms with van der Waals surface area (Å²) in [7, 11) is 0. The average molecular weight is 251 g/mol. The number of nitrogens with one attached hydrogen (secondary N) is 2. The van der Waals surface area contributed by atoms with E-state index in [0.29, 0.717) is 10.7 Å². The zero-order valence-electron chi connectivity index (χ0n) is 8.85. The second-order valence-electron chi connectivity index (χ2n) is 3.31. The molecule has 0 spiro atoms.